The van der Waals surface area contributed by atoms with Crippen molar-refractivity contribution in [3.05, 3.63) is 67.1 Å². The van der Waals surface area contributed by atoms with Crippen molar-refractivity contribution < 1.29 is 13.9 Å². The number of benzene rings is 2. The van der Waals surface area contributed by atoms with Crippen LogP contribution in [0.3, 0.4) is 0 Å². The number of fused-ring (bicyclic) bond motifs is 1. The van der Waals surface area contributed by atoms with Crippen molar-refractivity contribution in [3.63, 3.8) is 0 Å². The Bertz CT molecular complexity index is 1360. The molecule has 2 aromatic carbocycles. The van der Waals surface area contributed by atoms with Gasteiger partial charge in [0.1, 0.15) is 22.5 Å². The van der Waals surface area contributed by atoms with Crippen LogP contribution in [0.4, 0.5) is 27.4 Å². The topological polar surface area (TPSA) is 108 Å². The normalized spacial score (nSPS) is 13.6. The average Bonchev–Trinajstić information content (AvgIpc) is 3.28. The van der Waals surface area contributed by atoms with E-state index in [1.165, 1.54) is 12.1 Å². The van der Waals surface area contributed by atoms with Crippen LogP contribution in [0.15, 0.2) is 61.3 Å². The van der Waals surface area contributed by atoms with Crippen molar-refractivity contribution in [3.8, 4) is 11.3 Å². The van der Waals surface area contributed by atoms with Crippen molar-refractivity contribution in [1.82, 2.24) is 20.2 Å². The molecule has 10 heteroatoms. The summed E-state index contributed by atoms with van der Waals surface area (Å²) >= 11 is 0. The number of morpholine rings is 1. The standard InChI is InChI=1S/C24H22FN7O2/c1-2-21(33)27-16-5-3-4-15(12-16)22-23-19(30-31-22)14-26-24(29-23)28-17-6-7-20(18(25)13-17)32-8-10-34-11-9-32/h2-7,12-14H,1,8-11H2,(H,27,33)(H,30,31)(H,26,28,29). The number of hydrogen-bond acceptors (Lipinski definition) is 7. The maximum Gasteiger partial charge on any atom is 0.247 e. The zero-order valence-corrected chi connectivity index (χ0v) is 18.2. The number of amides is 1. The maximum atomic E-state index is 14.8. The van der Waals surface area contributed by atoms with Crippen LogP contribution in [-0.4, -0.2) is 52.4 Å². The number of carbonyl (C=O) groups is 1. The molecule has 34 heavy (non-hydrogen) atoms. The van der Waals surface area contributed by atoms with Crippen molar-refractivity contribution in [2.45, 2.75) is 0 Å². The van der Waals surface area contributed by atoms with Gasteiger partial charge in [0.05, 0.1) is 25.1 Å². The smallest absolute Gasteiger partial charge is 0.247 e. The van der Waals surface area contributed by atoms with Crippen LogP contribution in [0.2, 0.25) is 0 Å². The number of anilines is 4. The van der Waals surface area contributed by atoms with Gasteiger partial charge in [-0.2, -0.15) is 5.10 Å². The van der Waals surface area contributed by atoms with E-state index in [0.717, 1.165) is 5.56 Å². The van der Waals surface area contributed by atoms with Crippen LogP contribution in [0, 0.1) is 5.82 Å². The predicted molar refractivity (Wildman–Crippen MR) is 129 cm³/mol. The number of rotatable bonds is 6. The van der Waals surface area contributed by atoms with Crippen LogP contribution >= 0.6 is 0 Å². The number of H-pyrrole nitrogens is 1. The van der Waals surface area contributed by atoms with Gasteiger partial charge in [-0.05, 0) is 36.4 Å². The lowest BCUT2D eigenvalue weighted by atomic mass is 10.1. The number of nitrogens with zero attached hydrogens (tertiary/aromatic N) is 4. The molecule has 1 saturated heterocycles. The van der Waals surface area contributed by atoms with Crippen LogP contribution in [0.1, 0.15) is 0 Å². The van der Waals surface area contributed by atoms with Gasteiger partial charge in [0, 0.05) is 30.0 Å². The van der Waals surface area contributed by atoms with E-state index in [-0.39, 0.29) is 11.7 Å². The van der Waals surface area contributed by atoms with E-state index < -0.39 is 0 Å². The van der Waals surface area contributed by atoms with Crippen molar-refractivity contribution in [2.75, 3.05) is 41.8 Å². The zero-order chi connectivity index (χ0) is 23.5. The van der Waals surface area contributed by atoms with E-state index >= 15 is 0 Å². The highest BCUT2D eigenvalue weighted by atomic mass is 19.1. The number of hydrogen-bond donors (Lipinski definition) is 3. The van der Waals surface area contributed by atoms with Gasteiger partial charge >= 0.3 is 0 Å². The largest absolute Gasteiger partial charge is 0.378 e. The Morgan fingerprint density at radius 3 is 2.82 bits per heavy atom. The summed E-state index contributed by atoms with van der Waals surface area (Å²) in [7, 11) is 0. The second-order valence-electron chi connectivity index (χ2n) is 7.69. The quantitative estimate of drug-likeness (QED) is 0.376. The molecule has 5 rings (SSSR count). The van der Waals surface area contributed by atoms with Crippen LogP contribution in [0.5, 0.6) is 0 Å². The second-order valence-corrected chi connectivity index (χ2v) is 7.69. The highest BCUT2D eigenvalue weighted by Gasteiger charge is 2.16. The molecule has 0 atom stereocenters. The summed E-state index contributed by atoms with van der Waals surface area (Å²) < 4.78 is 20.1. The monoisotopic (exact) mass is 459 g/mol. The molecule has 4 aromatic rings. The first kappa shape index (κ1) is 21.5. The number of nitrogens with one attached hydrogen (secondary N) is 3. The highest BCUT2D eigenvalue weighted by Crippen LogP contribution is 2.29. The summed E-state index contributed by atoms with van der Waals surface area (Å²) in [5.74, 6) is -0.315. The lowest BCUT2D eigenvalue weighted by Crippen LogP contribution is -2.36. The Balaban J connectivity index is 1.40. The van der Waals surface area contributed by atoms with Crippen LogP contribution in [0.25, 0.3) is 22.3 Å². The van der Waals surface area contributed by atoms with Gasteiger partial charge in [0.2, 0.25) is 11.9 Å². The number of ether oxygens (including phenoxy) is 1. The van der Waals surface area contributed by atoms with Gasteiger partial charge in [0.15, 0.2) is 0 Å². The van der Waals surface area contributed by atoms with E-state index in [0.29, 0.717) is 66.0 Å². The lowest BCUT2D eigenvalue weighted by molar-refractivity contribution is -0.111. The van der Waals surface area contributed by atoms with Crippen LogP contribution < -0.4 is 15.5 Å². The third-order valence-corrected chi connectivity index (χ3v) is 5.45. The van der Waals surface area contributed by atoms with Gasteiger partial charge in [-0.1, -0.05) is 18.7 Å². The number of aromatic nitrogens is 4. The summed E-state index contributed by atoms with van der Waals surface area (Å²) in [6.07, 6.45) is 2.82. The molecular formula is C24H22FN7O2. The summed E-state index contributed by atoms with van der Waals surface area (Å²) in [5, 5.41) is 13.1. The Labute approximate surface area is 194 Å². The number of halogens is 1. The summed E-state index contributed by atoms with van der Waals surface area (Å²) in [6.45, 7) is 5.95. The average molecular weight is 459 g/mol. The molecule has 0 bridgehead atoms. The summed E-state index contributed by atoms with van der Waals surface area (Å²) in [6, 6.07) is 12.2. The predicted octanol–water partition coefficient (Wildman–Crippen LogP) is 3.86. The molecule has 1 aliphatic heterocycles. The SMILES string of the molecule is C=CC(=O)Nc1cccc(-c2n[nH]c3cnc(Nc4ccc(N5CCOCC5)c(F)c4)nc23)c1. The molecular weight excluding hydrogens is 437 g/mol. The molecule has 3 N–H and O–H groups in total. The lowest BCUT2D eigenvalue weighted by Gasteiger charge is -2.29. The van der Waals surface area contributed by atoms with Crippen molar-refractivity contribution in [1.29, 1.82) is 0 Å². The van der Waals surface area contributed by atoms with E-state index in [4.69, 9.17) is 4.74 Å². The molecule has 0 aliphatic carbocycles. The molecule has 0 saturated carbocycles. The minimum atomic E-state index is -0.324. The first-order valence-corrected chi connectivity index (χ1v) is 10.7. The highest BCUT2D eigenvalue weighted by molar-refractivity contribution is 5.99. The van der Waals surface area contributed by atoms with Crippen LogP contribution in [-0.2, 0) is 9.53 Å². The molecule has 9 nitrogen and oxygen atoms in total. The van der Waals surface area contributed by atoms with Crippen molar-refractivity contribution >= 4 is 40.0 Å². The summed E-state index contributed by atoms with van der Waals surface area (Å²) in [5.41, 5.74) is 4.30. The minimum Gasteiger partial charge on any atom is -0.378 e. The molecule has 1 amide bonds. The molecule has 2 aromatic heterocycles. The fraction of sp³-hybridized carbons (Fsp3) is 0.167. The van der Waals surface area contributed by atoms with Crippen molar-refractivity contribution in [2.24, 2.45) is 0 Å². The molecule has 0 spiro atoms. The zero-order valence-electron chi connectivity index (χ0n) is 18.2. The van der Waals surface area contributed by atoms with E-state index in [9.17, 15) is 9.18 Å². The number of aromatic amines is 1. The molecule has 1 aliphatic rings. The van der Waals surface area contributed by atoms with E-state index in [1.54, 1.807) is 30.5 Å². The molecule has 3 heterocycles. The Hall–Kier alpha value is -4.31. The molecule has 1 fully saturated rings. The first-order valence-electron chi connectivity index (χ1n) is 10.7. The third-order valence-electron chi connectivity index (χ3n) is 5.45. The fourth-order valence-corrected chi connectivity index (χ4v) is 3.79. The molecule has 0 radical (unpaired) electrons. The van der Waals surface area contributed by atoms with Gasteiger partial charge in [0.25, 0.3) is 0 Å². The fourth-order valence-electron chi connectivity index (χ4n) is 3.79. The Morgan fingerprint density at radius 1 is 1.18 bits per heavy atom. The molecule has 172 valence electrons. The Morgan fingerprint density at radius 2 is 2.03 bits per heavy atom. The van der Waals surface area contributed by atoms with E-state index in [2.05, 4.69) is 37.4 Å². The summed E-state index contributed by atoms with van der Waals surface area (Å²) in [4.78, 5) is 22.5. The molecule has 0 unspecified atom stereocenters. The van der Waals surface area contributed by atoms with Gasteiger partial charge < -0.3 is 20.3 Å². The number of carbonyl (C=O) groups excluding carboxylic acids is 1. The van der Waals surface area contributed by atoms with E-state index in [1.807, 2.05) is 17.0 Å². The third kappa shape index (κ3) is 4.44. The van der Waals surface area contributed by atoms with Gasteiger partial charge in [-0.3, -0.25) is 9.89 Å². The van der Waals surface area contributed by atoms with Gasteiger partial charge in [-0.25, -0.2) is 14.4 Å². The maximum absolute atomic E-state index is 14.8. The first-order chi connectivity index (χ1) is 16.6. The second kappa shape index (κ2) is 9.28. The Kier molecular flexibility index (Phi) is 5.88. The van der Waals surface area contributed by atoms with Gasteiger partial charge in [-0.15, -0.1) is 0 Å². The minimum absolute atomic E-state index is 0.301.